The summed E-state index contributed by atoms with van der Waals surface area (Å²) in [5, 5.41) is 18.9. The second-order valence-electron chi connectivity index (χ2n) is 5.88. The Morgan fingerprint density at radius 3 is 3.10 bits per heavy atom. The smallest absolute Gasteiger partial charge is 0.161 e. The van der Waals surface area contributed by atoms with Crippen LogP contribution in [0.15, 0.2) is 12.3 Å². The molecule has 2 heterocycles. The number of nitrogens with two attached hydrogens (primary N) is 1. The van der Waals surface area contributed by atoms with Crippen LogP contribution in [0.4, 0.5) is 5.82 Å². The lowest BCUT2D eigenvalue weighted by Gasteiger charge is -2.47. The minimum Gasteiger partial charge on any atom is -0.389 e. The summed E-state index contributed by atoms with van der Waals surface area (Å²) in [6, 6.07) is 1.81. The number of hydrogen-bond acceptors (Lipinski definition) is 5. The summed E-state index contributed by atoms with van der Waals surface area (Å²) >= 11 is 5.09. The molecule has 1 saturated heterocycles. The van der Waals surface area contributed by atoms with Crippen molar-refractivity contribution in [2.75, 3.05) is 18.0 Å². The molecule has 2 unspecified atom stereocenters. The van der Waals surface area contributed by atoms with Crippen molar-refractivity contribution in [1.29, 1.82) is 0 Å². The van der Waals surface area contributed by atoms with Gasteiger partial charge in [-0.1, -0.05) is 25.1 Å². The summed E-state index contributed by atoms with van der Waals surface area (Å²) in [7, 11) is 0. The van der Waals surface area contributed by atoms with Gasteiger partial charge in [0.05, 0.1) is 17.4 Å². The van der Waals surface area contributed by atoms with Crippen LogP contribution in [0.3, 0.4) is 0 Å². The largest absolute Gasteiger partial charge is 0.389 e. The first-order valence-electron chi connectivity index (χ1n) is 7.19. The third kappa shape index (κ3) is 2.38. The normalized spacial score (nSPS) is 29.9. The molecule has 20 heavy (non-hydrogen) atoms. The van der Waals surface area contributed by atoms with E-state index in [0.29, 0.717) is 10.9 Å². The van der Waals surface area contributed by atoms with E-state index in [-0.39, 0.29) is 0 Å². The average molecular weight is 292 g/mol. The van der Waals surface area contributed by atoms with Gasteiger partial charge in [-0.25, -0.2) is 0 Å². The number of hydrogen-bond donors (Lipinski definition) is 2. The minimum absolute atomic E-state index is 0.311. The predicted octanol–water partition coefficient (Wildman–Crippen LogP) is 1.24. The Morgan fingerprint density at radius 1 is 1.45 bits per heavy atom. The Labute approximate surface area is 124 Å². The monoisotopic (exact) mass is 292 g/mol. The molecule has 1 saturated carbocycles. The zero-order chi connectivity index (χ0) is 14.2. The van der Waals surface area contributed by atoms with Gasteiger partial charge in [-0.15, -0.1) is 5.10 Å². The third-order valence-corrected chi connectivity index (χ3v) is 4.91. The van der Waals surface area contributed by atoms with Crippen LogP contribution in [0.5, 0.6) is 0 Å². The van der Waals surface area contributed by atoms with Crippen LogP contribution in [-0.4, -0.2) is 39.0 Å². The summed E-state index contributed by atoms with van der Waals surface area (Å²) in [6.07, 6.45) is 6.73. The van der Waals surface area contributed by atoms with E-state index in [2.05, 4.69) is 15.1 Å². The highest BCUT2D eigenvalue weighted by atomic mass is 32.1. The Balaban J connectivity index is 1.85. The summed E-state index contributed by atoms with van der Waals surface area (Å²) in [6.45, 7) is 1.59. The fourth-order valence-electron chi connectivity index (χ4n) is 3.51. The number of anilines is 1. The minimum atomic E-state index is -0.486. The molecular weight excluding hydrogens is 272 g/mol. The Kier molecular flexibility index (Phi) is 3.60. The summed E-state index contributed by atoms with van der Waals surface area (Å²) < 4.78 is 0. The molecule has 2 fully saturated rings. The van der Waals surface area contributed by atoms with E-state index in [1.807, 2.05) is 6.07 Å². The van der Waals surface area contributed by atoms with Gasteiger partial charge in [0.2, 0.25) is 0 Å². The number of aromatic nitrogens is 2. The van der Waals surface area contributed by atoms with Crippen molar-refractivity contribution >= 4 is 23.0 Å². The molecule has 0 bridgehead atoms. The van der Waals surface area contributed by atoms with Crippen LogP contribution in [0, 0.1) is 5.92 Å². The number of thiocarbonyl (C=S) groups is 1. The first kappa shape index (κ1) is 13.7. The van der Waals surface area contributed by atoms with Gasteiger partial charge in [0, 0.05) is 19.0 Å². The second-order valence-corrected chi connectivity index (χ2v) is 6.31. The van der Waals surface area contributed by atoms with Gasteiger partial charge in [-0.05, 0) is 25.3 Å². The van der Waals surface area contributed by atoms with Crippen LogP contribution < -0.4 is 10.6 Å². The molecule has 1 aromatic heterocycles. The van der Waals surface area contributed by atoms with E-state index < -0.39 is 5.60 Å². The summed E-state index contributed by atoms with van der Waals surface area (Å²) in [5.74, 6) is 1.07. The van der Waals surface area contributed by atoms with Gasteiger partial charge in [0.15, 0.2) is 5.82 Å². The lowest BCUT2D eigenvalue weighted by Crippen LogP contribution is -2.53. The van der Waals surface area contributed by atoms with E-state index in [0.717, 1.165) is 50.2 Å². The van der Waals surface area contributed by atoms with Crippen LogP contribution in [0.1, 0.15) is 37.7 Å². The Bertz CT molecular complexity index is 524. The Hall–Kier alpha value is -1.27. The van der Waals surface area contributed by atoms with Gasteiger partial charge in [-0.3, -0.25) is 0 Å². The van der Waals surface area contributed by atoms with Gasteiger partial charge in [0.1, 0.15) is 4.99 Å². The predicted molar refractivity (Wildman–Crippen MR) is 81.7 cm³/mol. The molecule has 2 atom stereocenters. The fraction of sp³-hybridized carbons (Fsp3) is 0.643. The topological polar surface area (TPSA) is 75.3 Å². The van der Waals surface area contributed by atoms with E-state index in [9.17, 15) is 5.11 Å². The fourth-order valence-corrected chi connectivity index (χ4v) is 3.67. The van der Waals surface area contributed by atoms with E-state index >= 15 is 0 Å². The van der Waals surface area contributed by atoms with Crippen molar-refractivity contribution in [3.05, 3.63) is 17.8 Å². The van der Waals surface area contributed by atoms with E-state index in [1.165, 1.54) is 6.42 Å². The summed E-state index contributed by atoms with van der Waals surface area (Å²) in [5.41, 5.74) is 6.06. The molecule has 6 heteroatoms. The summed E-state index contributed by atoms with van der Waals surface area (Å²) in [4.78, 5) is 2.52. The molecule has 0 aromatic carbocycles. The van der Waals surface area contributed by atoms with Crippen molar-refractivity contribution in [2.24, 2.45) is 11.7 Å². The van der Waals surface area contributed by atoms with Crippen molar-refractivity contribution < 1.29 is 5.11 Å². The maximum absolute atomic E-state index is 10.7. The lowest BCUT2D eigenvalue weighted by molar-refractivity contribution is -0.0613. The number of nitrogens with zero attached hydrogens (tertiary/aromatic N) is 3. The number of aliphatic hydroxyl groups is 1. The standard InChI is InChI=1S/C14H20N4OS/c15-12(20)11-4-7-16-17-13(11)18-8-6-14(19)5-2-1-3-10(14)9-18/h4,7,10,19H,1-3,5-6,8-9H2,(H2,15,20). The van der Waals surface area contributed by atoms with Crippen molar-refractivity contribution in [3.8, 4) is 0 Å². The lowest BCUT2D eigenvalue weighted by atomic mass is 9.71. The third-order valence-electron chi connectivity index (χ3n) is 4.69. The highest BCUT2D eigenvalue weighted by Crippen LogP contribution is 2.40. The highest BCUT2D eigenvalue weighted by Gasteiger charge is 2.43. The van der Waals surface area contributed by atoms with Gasteiger partial charge >= 0.3 is 0 Å². The van der Waals surface area contributed by atoms with Crippen molar-refractivity contribution in [1.82, 2.24) is 10.2 Å². The van der Waals surface area contributed by atoms with E-state index in [1.54, 1.807) is 6.20 Å². The van der Waals surface area contributed by atoms with Gasteiger partial charge < -0.3 is 15.7 Å². The van der Waals surface area contributed by atoms with Crippen LogP contribution in [0.2, 0.25) is 0 Å². The quantitative estimate of drug-likeness (QED) is 0.799. The van der Waals surface area contributed by atoms with Gasteiger partial charge in [-0.2, -0.15) is 5.10 Å². The number of piperidine rings is 1. The SMILES string of the molecule is NC(=S)c1ccnnc1N1CCC2(O)CCCCC2C1. The number of fused-ring (bicyclic) bond motifs is 1. The molecule has 0 amide bonds. The number of rotatable bonds is 2. The molecule has 1 aliphatic carbocycles. The molecule has 2 aliphatic rings. The molecule has 5 nitrogen and oxygen atoms in total. The molecule has 1 aliphatic heterocycles. The average Bonchev–Trinajstić information content (AvgIpc) is 2.46. The Morgan fingerprint density at radius 2 is 2.30 bits per heavy atom. The molecular formula is C14H20N4OS. The van der Waals surface area contributed by atoms with Crippen molar-refractivity contribution in [3.63, 3.8) is 0 Å². The first-order valence-corrected chi connectivity index (χ1v) is 7.60. The van der Waals surface area contributed by atoms with E-state index in [4.69, 9.17) is 18.0 Å². The molecule has 0 spiro atoms. The van der Waals surface area contributed by atoms with Crippen molar-refractivity contribution in [2.45, 2.75) is 37.7 Å². The molecule has 3 rings (SSSR count). The highest BCUT2D eigenvalue weighted by molar-refractivity contribution is 7.80. The zero-order valence-electron chi connectivity index (χ0n) is 11.5. The van der Waals surface area contributed by atoms with Crippen LogP contribution in [-0.2, 0) is 0 Å². The van der Waals surface area contributed by atoms with Gasteiger partial charge in [0.25, 0.3) is 0 Å². The zero-order valence-corrected chi connectivity index (χ0v) is 12.3. The molecule has 0 radical (unpaired) electrons. The molecule has 108 valence electrons. The second kappa shape index (κ2) is 5.26. The van der Waals surface area contributed by atoms with Crippen LogP contribution in [0.25, 0.3) is 0 Å². The maximum atomic E-state index is 10.7. The molecule has 3 N–H and O–H groups in total. The molecule has 1 aromatic rings. The first-order chi connectivity index (χ1) is 9.60. The maximum Gasteiger partial charge on any atom is 0.161 e. The van der Waals surface area contributed by atoms with Crippen LogP contribution >= 0.6 is 12.2 Å².